The lowest BCUT2D eigenvalue weighted by Gasteiger charge is -2.07. The van der Waals surface area contributed by atoms with Crippen LogP contribution in [0.2, 0.25) is 0 Å². The minimum absolute atomic E-state index is 0.0180. The summed E-state index contributed by atoms with van der Waals surface area (Å²) in [6.07, 6.45) is 3.29. The van der Waals surface area contributed by atoms with Crippen molar-refractivity contribution in [2.45, 2.75) is 6.61 Å². The van der Waals surface area contributed by atoms with Crippen molar-refractivity contribution in [3.63, 3.8) is 0 Å². The van der Waals surface area contributed by atoms with Crippen molar-refractivity contribution in [1.82, 2.24) is 0 Å². The van der Waals surface area contributed by atoms with Crippen LogP contribution in [-0.4, -0.2) is 12.4 Å². The van der Waals surface area contributed by atoms with Gasteiger partial charge in [0.05, 0.1) is 0 Å². The number of nitriles is 1. The van der Waals surface area contributed by atoms with Gasteiger partial charge in [-0.1, -0.05) is 48.5 Å². The van der Waals surface area contributed by atoms with Crippen LogP contribution in [0, 0.1) is 11.3 Å². The summed E-state index contributed by atoms with van der Waals surface area (Å²) in [6, 6.07) is 26.2. The fourth-order valence-corrected chi connectivity index (χ4v) is 2.55. The summed E-state index contributed by atoms with van der Waals surface area (Å²) >= 11 is 0. The topological polar surface area (TPSA) is 59.3 Å². The first-order valence-corrected chi connectivity index (χ1v) is 8.83. The Bertz CT molecular complexity index is 986. The maximum Gasteiger partial charge on any atom is 0.185 e. The molecule has 138 valence electrons. The van der Waals surface area contributed by atoms with Crippen LogP contribution in [0.15, 0.2) is 84.9 Å². The van der Waals surface area contributed by atoms with Crippen molar-refractivity contribution in [3.8, 4) is 17.6 Å². The zero-order valence-corrected chi connectivity index (χ0v) is 15.2. The number of benzene rings is 3. The van der Waals surface area contributed by atoms with Crippen LogP contribution in [0.5, 0.6) is 11.5 Å². The highest BCUT2D eigenvalue weighted by Crippen LogP contribution is 2.17. The molecule has 3 aromatic rings. The first-order chi connectivity index (χ1) is 13.7. The minimum Gasteiger partial charge on any atom is -0.489 e. The van der Waals surface area contributed by atoms with Crippen LogP contribution >= 0.6 is 0 Å². The summed E-state index contributed by atoms with van der Waals surface area (Å²) in [7, 11) is 0. The van der Waals surface area contributed by atoms with E-state index in [1.165, 1.54) is 6.08 Å². The standard InChI is InChI=1S/C24H19NO3/c25-15-16-27-22-12-10-21(11-13-22)24(26)14-9-19-7-4-8-23(17-19)28-18-20-5-2-1-3-6-20/h1-14,17H,16,18H2/b14-9+. The summed E-state index contributed by atoms with van der Waals surface area (Å²) in [4.78, 5) is 12.3. The Morgan fingerprint density at radius 1 is 0.893 bits per heavy atom. The largest absolute Gasteiger partial charge is 0.489 e. The van der Waals surface area contributed by atoms with Crippen molar-refractivity contribution >= 4 is 11.9 Å². The fourth-order valence-electron chi connectivity index (χ4n) is 2.55. The van der Waals surface area contributed by atoms with Crippen molar-refractivity contribution in [2.75, 3.05) is 6.61 Å². The molecule has 0 amide bonds. The molecule has 0 radical (unpaired) electrons. The molecule has 0 saturated carbocycles. The van der Waals surface area contributed by atoms with Gasteiger partial charge in [0, 0.05) is 5.56 Å². The van der Waals surface area contributed by atoms with E-state index in [9.17, 15) is 4.79 Å². The molecular weight excluding hydrogens is 350 g/mol. The van der Waals surface area contributed by atoms with Gasteiger partial charge in [-0.25, -0.2) is 0 Å². The maximum atomic E-state index is 12.3. The molecule has 0 N–H and O–H groups in total. The second kappa shape index (κ2) is 9.75. The molecule has 0 aliphatic carbocycles. The average Bonchev–Trinajstić information content (AvgIpc) is 2.76. The number of hydrogen-bond acceptors (Lipinski definition) is 4. The number of nitrogens with zero attached hydrogens (tertiary/aromatic N) is 1. The zero-order chi connectivity index (χ0) is 19.6. The monoisotopic (exact) mass is 369 g/mol. The summed E-state index contributed by atoms with van der Waals surface area (Å²) < 4.78 is 11.0. The Morgan fingerprint density at radius 2 is 1.68 bits per heavy atom. The molecule has 4 nitrogen and oxygen atoms in total. The molecule has 0 fully saturated rings. The lowest BCUT2D eigenvalue weighted by atomic mass is 10.1. The molecule has 0 atom stereocenters. The van der Waals surface area contributed by atoms with Crippen LogP contribution in [-0.2, 0) is 6.61 Å². The molecule has 0 aliphatic rings. The van der Waals surface area contributed by atoms with E-state index in [0.29, 0.717) is 17.9 Å². The lowest BCUT2D eigenvalue weighted by molar-refractivity contribution is 0.104. The Labute approximate surface area is 164 Å². The molecule has 3 rings (SSSR count). The van der Waals surface area contributed by atoms with E-state index in [1.807, 2.05) is 60.7 Å². The predicted octanol–water partition coefficient (Wildman–Crippen LogP) is 5.06. The van der Waals surface area contributed by atoms with Crippen LogP contribution in [0.1, 0.15) is 21.5 Å². The highest BCUT2D eigenvalue weighted by Gasteiger charge is 2.03. The normalized spacial score (nSPS) is 10.4. The van der Waals surface area contributed by atoms with Gasteiger partial charge in [0.15, 0.2) is 12.4 Å². The second-order valence-electron chi connectivity index (χ2n) is 6.02. The molecule has 4 heteroatoms. The van der Waals surface area contributed by atoms with Crippen molar-refractivity contribution in [2.24, 2.45) is 0 Å². The Balaban J connectivity index is 1.60. The van der Waals surface area contributed by atoms with E-state index in [-0.39, 0.29) is 12.4 Å². The van der Waals surface area contributed by atoms with E-state index in [1.54, 1.807) is 30.3 Å². The Morgan fingerprint density at radius 3 is 2.43 bits per heavy atom. The van der Waals surface area contributed by atoms with Crippen LogP contribution in [0.3, 0.4) is 0 Å². The number of carbonyl (C=O) groups is 1. The minimum atomic E-state index is -0.109. The number of ketones is 1. The summed E-state index contributed by atoms with van der Waals surface area (Å²) in [5, 5.41) is 8.51. The van der Waals surface area contributed by atoms with Gasteiger partial charge in [-0.2, -0.15) is 5.26 Å². The van der Waals surface area contributed by atoms with Gasteiger partial charge in [0.2, 0.25) is 0 Å². The summed E-state index contributed by atoms with van der Waals surface area (Å²) in [6.45, 7) is 0.475. The third-order valence-electron chi connectivity index (χ3n) is 3.98. The average molecular weight is 369 g/mol. The van der Waals surface area contributed by atoms with Crippen molar-refractivity contribution in [3.05, 3.63) is 102 Å². The van der Waals surface area contributed by atoms with Gasteiger partial charge in [0.1, 0.15) is 24.2 Å². The van der Waals surface area contributed by atoms with Gasteiger partial charge >= 0.3 is 0 Å². The van der Waals surface area contributed by atoms with Gasteiger partial charge in [-0.15, -0.1) is 0 Å². The molecule has 0 bridgehead atoms. The predicted molar refractivity (Wildman–Crippen MR) is 108 cm³/mol. The third-order valence-corrected chi connectivity index (χ3v) is 3.98. The third kappa shape index (κ3) is 5.58. The fraction of sp³-hybridized carbons (Fsp3) is 0.0833. The van der Waals surface area contributed by atoms with Gasteiger partial charge in [-0.3, -0.25) is 4.79 Å². The smallest absolute Gasteiger partial charge is 0.185 e. The van der Waals surface area contributed by atoms with Gasteiger partial charge in [0.25, 0.3) is 0 Å². The van der Waals surface area contributed by atoms with E-state index >= 15 is 0 Å². The van der Waals surface area contributed by atoms with Crippen LogP contribution in [0.25, 0.3) is 6.08 Å². The molecule has 0 unspecified atom stereocenters. The zero-order valence-electron chi connectivity index (χ0n) is 15.2. The molecule has 28 heavy (non-hydrogen) atoms. The molecule has 3 aromatic carbocycles. The second-order valence-corrected chi connectivity index (χ2v) is 6.02. The molecule has 0 spiro atoms. The van der Waals surface area contributed by atoms with E-state index in [4.69, 9.17) is 14.7 Å². The van der Waals surface area contributed by atoms with Crippen LogP contribution < -0.4 is 9.47 Å². The Kier molecular flexibility index (Phi) is 6.59. The number of allylic oxidation sites excluding steroid dienone is 1. The van der Waals surface area contributed by atoms with Gasteiger partial charge < -0.3 is 9.47 Å². The SMILES string of the molecule is N#CCOc1ccc(C(=O)/C=C/c2cccc(OCc3ccccc3)c2)cc1. The molecule has 0 aliphatic heterocycles. The Hall–Kier alpha value is -3.84. The number of ether oxygens (including phenoxy) is 2. The van der Waals surface area contributed by atoms with Gasteiger partial charge in [-0.05, 0) is 53.6 Å². The number of hydrogen-bond donors (Lipinski definition) is 0. The molecule has 0 heterocycles. The first-order valence-electron chi connectivity index (χ1n) is 8.83. The lowest BCUT2D eigenvalue weighted by Crippen LogP contribution is -1.97. The maximum absolute atomic E-state index is 12.3. The first kappa shape index (κ1) is 18.9. The van der Waals surface area contributed by atoms with E-state index in [0.717, 1.165) is 16.9 Å². The molecular formula is C24H19NO3. The van der Waals surface area contributed by atoms with E-state index in [2.05, 4.69) is 0 Å². The summed E-state index contributed by atoms with van der Waals surface area (Å²) in [5.74, 6) is 1.20. The molecule has 0 aromatic heterocycles. The molecule has 0 saturated heterocycles. The van der Waals surface area contributed by atoms with Crippen molar-refractivity contribution in [1.29, 1.82) is 5.26 Å². The van der Waals surface area contributed by atoms with Crippen molar-refractivity contribution < 1.29 is 14.3 Å². The van der Waals surface area contributed by atoms with E-state index < -0.39 is 0 Å². The van der Waals surface area contributed by atoms with Crippen LogP contribution in [0.4, 0.5) is 0 Å². The summed E-state index contributed by atoms with van der Waals surface area (Å²) in [5.41, 5.74) is 2.53. The highest BCUT2D eigenvalue weighted by atomic mass is 16.5. The highest BCUT2D eigenvalue weighted by molar-refractivity contribution is 6.06. The number of rotatable bonds is 8. The number of carbonyl (C=O) groups excluding carboxylic acids is 1. The quantitative estimate of drug-likeness (QED) is 0.411.